The number of rotatable bonds is 3. The minimum atomic E-state index is 0.819. The van der Waals surface area contributed by atoms with Crippen molar-refractivity contribution in [3.05, 3.63) is 44.5 Å². The third kappa shape index (κ3) is 3.02. The third-order valence-electron chi connectivity index (χ3n) is 1.89. The van der Waals surface area contributed by atoms with Gasteiger partial charge < -0.3 is 0 Å². The van der Waals surface area contributed by atoms with E-state index >= 15 is 0 Å². The van der Waals surface area contributed by atoms with E-state index in [1.807, 2.05) is 30.5 Å². The molecule has 0 bridgehead atoms. The number of anilines is 1. The van der Waals surface area contributed by atoms with Gasteiger partial charge in [0.2, 0.25) is 5.13 Å². The van der Waals surface area contributed by atoms with Crippen LogP contribution >= 0.6 is 33.9 Å². The van der Waals surface area contributed by atoms with Crippen molar-refractivity contribution in [1.29, 1.82) is 0 Å². The fourth-order valence-electron chi connectivity index (χ4n) is 1.14. The Morgan fingerprint density at radius 3 is 2.94 bits per heavy atom. The zero-order chi connectivity index (χ0) is 11.4. The lowest BCUT2D eigenvalue weighted by Crippen LogP contribution is -1.91. The molecule has 16 heavy (non-hydrogen) atoms. The second kappa shape index (κ2) is 5.40. The number of aryl methyl sites for hydroxylation is 1. The number of nitrogens with zero attached hydrogens (tertiary/aromatic N) is 2. The first-order chi connectivity index (χ1) is 7.75. The minimum absolute atomic E-state index is 0.819. The molecule has 0 saturated heterocycles. The quantitative estimate of drug-likeness (QED) is 0.526. The van der Waals surface area contributed by atoms with Crippen LogP contribution in [0, 0.1) is 10.5 Å². The van der Waals surface area contributed by atoms with E-state index in [4.69, 9.17) is 0 Å². The minimum Gasteiger partial charge on any atom is -0.253 e. The molecule has 0 radical (unpaired) electrons. The highest BCUT2D eigenvalue weighted by Gasteiger charge is 1.96. The van der Waals surface area contributed by atoms with E-state index in [0.717, 1.165) is 16.4 Å². The number of thiazole rings is 1. The van der Waals surface area contributed by atoms with Gasteiger partial charge in [-0.1, -0.05) is 18.2 Å². The molecule has 1 N–H and O–H groups in total. The highest BCUT2D eigenvalue weighted by molar-refractivity contribution is 14.1. The Kier molecular flexibility index (Phi) is 3.89. The van der Waals surface area contributed by atoms with Gasteiger partial charge in [0.05, 0.1) is 11.9 Å². The topological polar surface area (TPSA) is 37.3 Å². The third-order valence-corrected chi connectivity index (χ3v) is 3.74. The summed E-state index contributed by atoms with van der Waals surface area (Å²) in [5, 5.41) is 6.96. The fourth-order valence-corrected chi connectivity index (χ4v) is 2.31. The molecule has 3 nitrogen and oxygen atoms in total. The van der Waals surface area contributed by atoms with Gasteiger partial charge in [0.25, 0.3) is 0 Å². The van der Waals surface area contributed by atoms with Crippen LogP contribution < -0.4 is 5.43 Å². The standard InChI is InChI=1S/C11H10IN3S/c1-8-7-16-11(14-8)15-13-6-9-4-2-3-5-10(9)12/h2-7H,1H3,(H,14,15)/b13-6+. The van der Waals surface area contributed by atoms with Gasteiger partial charge in [-0.25, -0.2) is 4.98 Å². The molecule has 0 spiro atoms. The predicted molar refractivity (Wildman–Crippen MR) is 77.2 cm³/mol. The van der Waals surface area contributed by atoms with Crippen molar-refractivity contribution in [1.82, 2.24) is 4.98 Å². The molecule has 1 heterocycles. The first-order valence-corrected chi connectivity index (χ1v) is 6.67. The van der Waals surface area contributed by atoms with E-state index in [9.17, 15) is 0 Å². The van der Waals surface area contributed by atoms with Gasteiger partial charge in [-0.05, 0) is 35.6 Å². The van der Waals surface area contributed by atoms with Gasteiger partial charge in [-0.15, -0.1) is 11.3 Å². The van der Waals surface area contributed by atoms with Gasteiger partial charge in [-0.3, -0.25) is 5.43 Å². The molecule has 0 fully saturated rings. The normalized spacial score (nSPS) is 10.9. The zero-order valence-corrected chi connectivity index (χ0v) is 11.6. The van der Waals surface area contributed by atoms with Crippen LogP contribution in [0.5, 0.6) is 0 Å². The summed E-state index contributed by atoms with van der Waals surface area (Å²) in [4.78, 5) is 4.26. The SMILES string of the molecule is Cc1csc(N/N=C/c2ccccc2I)n1. The lowest BCUT2D eigenvalue weighted by atomic mass is 10.2. The van der Waals surface area contributed by atoms with E-state index < -0.39 is 0 Å². The van der Waals surface area contributed by atoms with Gasteiger partial charge in [-0.2, -0.15) is 5.10 Å². The first-order valence-electron chi connectivity index (χ1n) is 4.71. The molecule has 2 aromatic rings. The molecule has 1 aromatic heterocycles. The average molecular weight is 343 g/mol. The van der Waals surface area contributed by atoms with Crippen molar-refractivity contribution in [3.63, 3.8) is 0 Å². The van der Waals surface area contributed by atoms with Crippen LogP contribution in [-0.2, 0) is 0 Å². The Bertz CT molecular complexity index is 507. The molecule has 2 rings (SSSR count). The summed E-state index contributed by atoms with van der Waals surface area (Å²) in [7, 11) is 0. The van der Waals surface area contributed by atoms with Gasteiger partial charge in [0.1, 0.15) is 0 Å². The number of hydrogen-bond acceptors (Lipinski definition) is 4. The van der Waals surface area contributed by atoms with Crippen molar-refractivity contribution in [2.24, 2.45) is 5.10 Å². The molecular weight excluding hydrogens is 333 g/mol. The van der Waals surface area contributed by atoms with Crippen LogP contribution in [0.15, 0.2) is 34.7 Å². The summed E-state index contributed by atoms with van der Waals surface area (Å²) < 4.78 is 1.18. The summed E-state index contributed by atoms with van der Waals surface area (Å²) in [6.45, 7) is 1.96. The molecule has 0 aliphatic rings. The molecule has 0 aliphatic heterocycles. The monoisotopic (exact) mass is 343 g/mol. The van der Waals surface area contributed by atoms with Crippen LogP contribution in [0.2, 0.25) is 0 Å². The number of halogens is 1. The number of aromatic nitrogens is 1. The lowest BCUT2D eigenvalue weighted by Gasteiger charge is -1.96. The van der Waals surface area contributed by atoms with E-state index in [1.165, 1.54) is 3.57 Å². The van der Waals surface area contributed by atoms with E-state index in [1.54, 1.807) is 17.6 Å². The Morgan fingerprint density at radius 2 is 2.25 bits per heavy atom. The fraction of sp³-hybridized carbons (Fsp3) is 0.0909. The molecule has 0 amide bonds. The Balaban J connectivity index is 2.03. The smallest absolute Gasteiger partial charge is 0.203 e. The Morgan fingerprint density at radius 1 is 1.44 bits per heavy atom. The number of benzene rings is 1. The average Bonchev–Trinajstić information content (AvgIpc) is 2.67. The zero-order valence-electron chi connectivity index (χ0n) is 8.64. The van der Waals surface area contributed by atoms with Crippen molar-refractivity contribution >= 4 is 45.3 Å². The van der Waals surface area contributed by atoms with Crippen LogP contribution in [0.4, 0.5) is 5.13 Å². The van der Waals surface area contributed by atoms with Crippen molar-refractivity contribution in [2.45, 2.75) is 6.92 Å². The number of hydrazone groups is 1. The maximum atomic E-state index is 4.26. The first kappa shape index (κ1) is 11.5. The largest absolute Gasteiger partial charge is 0.253 e. The highest BCUT2D eigenvalue weighted by Crippen LogP contribution is 2.14. The summed E-state index contributed by atoms with van der Waals surface area (Å²) in [5.41, 5.74) is 5.03. The summed E-state index contributed by atoms with van der Waals surface area (Å²) in [6, 6.07) is 8.09. The van der Waals surface area contributed by atoms with Crippen LogP contribution in [0.25, 0.3) is 0 Å². The van der Waals surface area contributed by atoms with Crippen molar-refractivity contribution < 1.29 is 0 Å². The summed E-state index contributed by atoms with van der Waals surface area (Å²) in [6.07, 6.45) is 1.80. The summed E-state index contributed by atoms with van der Waals surface area (Å²) >= 11 is 3.84. The van der Waals surface area contributed by atoms with E-state index in [-0.39, 0.29) is 0 Å². The molecule has 0 aliphatic carbocycles. The van der Waals surface area contributed by atoms with Gasteiger partial charge in [0.15, 0.2) is 0 Å². The number of nitrogens with one attached hydrogen (secondary N) is 1. The van der Waals surface area contributed by atoms with Crippen LogP contribution in [-0.4, -0.2) is 11.2 Å². The number of hydrogen-bond donors (Lipinski definition) is 1. The van der Waals surface area contributed by atoms with Gasteiger partial charge >= 0.3 is 0 Å². The Labute approximate surface area is 112 Å². The van der Waals surface area contributed by atoms with Crippen LogP contribution in [0.3, 0.4) is 0 Å². The van der Waals surface area contributed by atoms with E-state index in [0.29, 0.717) is 0 Å². The summed E-state index contributed by atoms with van der Waals surface area (Å²) in [5.74, 6) is 0. The van der Waals surface area contributed by atoms with E-state index in [2.05, 4.69) is 44.2 Å². The Hall–Kier alpha value is -0.950. The van der Waals surface area contributed by atoms with Crippen LogP contribution in [0.1, 0.15) is 11.3 Å². The molecule has 0 unspecified atom stereocenters. The molecule has 0 atom stereocenters. The second-order valence-corrected chi connectivity index (χ2v) is 5.21. The van der Waals surface area contributed by atoms with Gasteiger partial charge in [0, 0.05) is 14.5 Å². The maximum absolute atomic E-state index is 4.26. The molecule has 0 saturated carbocycles. The lowest BCUT2D eigenvalue weighted by molar-refractivity contribution is 1.22. The predicted octanol–water partition coefficient (Wildman–Crippen LogP) is 3.50. The molecule has 1 aromatic carbocycles. The second-order valence-electron chi connectivity index (χ2n) is 3.19. The molecule has 5 heteroatoms. The molecular formula is C11H10IN3S. The van der Waals surface area contributed by atoms with Crippen molar-refractivity contribution in [2.75, 3.05) is 5.43 Å². The highest BCUT2D eigenvalue weighted by atomic mass is 127. The maximum Gasteiger partial charge on any atom is 0.203 e. The van der Waals surface area contributed by atoms with Crippen molar-refractivity contribution in [3.8, 4) is 0 Å². The molecule has 82 valence electrons.